The predicted molar refractivity (Wildman–Crippen MR) is 41.9 cm³/mol. The van der Waals surface area contributed by atoms with E-state index in [1.165, 1.54) is 0 Å². The molecule has 3 heteroatoms. The minimum absolute atomic E-state index is 0.179. The first kappa shape index (κ1) is 7.40. The van der Waals surface area contributed by atoms with Crippen LogP contribution in [0.15, 0.2) is 16.7 Å². The third-order valence-corrected chi connectivity index (χ3v) is 2.41. The molecule has 0 bridgehead atoms. The van der Waals surface area contributed by atoms with Crippen molar-refractivity contribution in [3.63, 3.8) is 0 Å². The van der Waals surface area contributed by atoms with Crippen LogP contribution in [-0.2, 0) is 4.79 Å². The van der Waals surface area contributed by atoms with Crippen molar-refractivity contribution in [3.05, 3.63) is 23.7 Å². The van der Waals surface area contributed by atoms with E-state index in [9.17, 15) is 4.79 Å². The largest absolute Gasteiger partial charge is 0.481 e. The number of aliphatic carboxylic acids is 1. The Labute approximate surface area is 70.0 Å². The molecule has 12 heavy (non-hydrogen) atoms. The van der Waals surface area contributed by atoms with Crippen LogP contribution in [0.5, 0.6) is 0 Å². The first-order valence-electron chi connectivity index (χ1n) is 3.97. The normalized spacial score (nSPS) is 27.1. The van der Waals surface area contributed by atoms with Gasteiger partial charge in [-0.2, -0.15) is 0 Å². The van der Waals surface area contributed by atoms with E-state index in [4.69, 9.17) is 9.52 Å². The zero-order valence-electron chi connectivity index (χ0n) is 6.78. The van der Waals surface area contributed by atoms with E-state index in [-0.39, 0.29) is 11.8 Å². The van der Waals surface area contributed by atoms with Crippen LogP contribution in [0, 0.1) is 12.8 Å². The molecule has 2 unspecified atom stereocenters. The molecule has 1 aromatic rings. The lowest BCUT2D eigenvalue weighted by Crippen LogP contribution is -1.98. The van der Waals surface area contributed by atoms with Crippen LogP contribution in [0.4, 0.5) is 0 Å². The van der Waals surface area contributed by atoms with Crippen LogP contribution < -0.4 is 0 Å². The molecule has 64 valence electrons. The quantitative estimate of drug-likeness (QED) is 0.728. The Bertz CT molecular complexity index is 313. The molecule has 0 amide bonds. The highest BCUT2D eigenvalue weighted by Crippen LogP contribution is 2.48. The molecule has 0 radical (unpaired) electrons. The fourth-order valence-corrected chi connectivity index (χ4v) is 1.59. The lowest BCUT2D eigenvalue weighted by atomic mass is 10.1. The molecule has 1 saturated carbocycles. The van der Waals surface area contributed by atoms with Crippen LogP contribution in [0.3, 0.4) is 0 Å². The van der Waals surface area contributed by atoms with E-state index in [0.717, 1.165) is 17.7 Å². The molecular weight excluding hydrogens is 156 g/mol. The number of hydrogen-bond acceptors (Lipinski definition) is 2. The summed E-state index contributed by atoms with van der Waals surface area (Å²) in [6, 6.07) is 1.86. The molecule has 0 aliphatic heterocycles. The summed E-state index contributed by atoms with van der Waals surface area (Å²) in [5, 5.41) is 8.68. The summed E-state index contributed by atoms with van der Waals surface area (Å²) in [7, 11) is 0. The number of carboxylic acid groups (broad SMARTS) is 1. The second-order valence-corrected chi connectivity index (χ2v) is 3.22. The van der Waals surface area contributed by atoms with Crippen LogP contribution in [-0.4, -0.2) is 11.1 Å². The van der Waals surface area contributed by atoms with Gasteiger partial charge in [-0.3, -0.25) is 4.79 Å². The summed E-state index contributed by atoms with van der Waals surface area (Å²) in [5.74, 6) is 0.173. The van der Waals surface area contributed by atoms with Crippen LogP contribution in [0.25, 0.3) is 0 Å². The average Bonchev–Trinajstić information content (AvgIpc) is 2.70. The number of aryl methyl sites for hydroxylation is 1. The van der Waals surface area contributed by atoms with Crippen molar-refractivity contribution >= 4 is 5.97 Å². The third-order valence-electron chi connectivity index (χ3n) is 2.41. The monoisotopic (exact) mass is 166 g/mol. The molecule has 0 spiro atoms. The molecule has 1 aromatic heterocycles. The number of rotatable bonds is 2. The molecule has 0 saturated heterocycles. The van der Waals surface area contributed by atoms with Gasteiger partial charge in [-0.1, -0.05) is 0 Å². The Balaban J connectivity index is 2.15. The first-order chi connectivity index (χ1) is 5.70. The highest BCUT2D eigenvalue weighted by molar-refractivity contribution is 5.75. The molecule has 3 nitrogen and oxygen atoms in total. The lowest BCUT2D eigenvalue weighted by molar-refractivity contribution is -0.138. The van der Waals surface area contributed by atoms with E-state index < -0.39 is 5.97 Å². The highest BCUT2D eigenvalue weighted by Gasteiger charge is 2.45. The van der Waals surface area contributed by atoms with E-state index in [2.05, 4.69) is 0 Å². The number of carbonyl (C=O) groups is 1. The van der Waals surface area contributed by atoms with Crippen LogP contribution in [0.1, 0.15) is 23.7 Å². The van der Waals surface area contributed by atoms with Gasteiger partial charge in [-0.15, -0.1) is 0 Å². The lowest BCUT2D eigenvalue weighted by Gasteiger charge is -1.93. The second kappa shape index (κ2) is 2.37. The standard InChI is InChI=1S/C9H10O3/c1-5-6(2-3-12-5)7-4-8(7)9(10)11/h2-3,7-8H,4H2,1H3,(H,10,11). The van der Waals surface area contributed by atoms with Gasteiger partial charge in [0, 0.05) is 5.92 Å². The molecule has 1 aliphatic rings. The fraction of sp³-hybridized carbons (Fsp3) is 0.444. The van der Waals surface area contributed by atoms with E-state index in [1.807, 2.05) is 13.0 Å². The van der Waals surface area contributed by atoms with Gasteiger partial charge in [0.1, 0.15) is 5.76 Å². The molecule has 2 atom stereocenters. The number of carboxylic acids is 1. The third kappa shape index (κ3) is 1.02. The van der Waals surface area contributed by atoms with E-state index >= 15 is 0 Å². The van der Waals surface area contributed by atoms with Gasteiger partial charge in [0.15, 0.2) is 0 Å². The maximum Gasteiger partial charge on any atom is 0.307 e. The van der Waals surface area contributed by atoms with Gasteiger partial charge in [0.25, 0.3) is 0 Å². The van der Waals surface area contributed by atoms with Crippen molar-refractivity contribution in [2.45, 2.75) is 19.3 Å². The maximum absolute atomic E-state index is 10.5. The molecule has 1 aliphatic carbocycles. The summed E-state index contributed by atoms with van der Waals surface area (Å²) < 4.78 is 5.10. The number of hydrogen-bond donors (Lipinski definition) is 1. The smallest absolute Gasteiger partial charge is 0.307 e. The topological polar surface area (TPSA) is 50.4 Å². The summed E-state index contributed by atoms with van der Waals surface area (Å²) in [6.45, 7) is 1.87. The number of furan rings is 1. The Hall–Kier alpha value is -1.25. The maximum atomic E-state index is 10.5. The molecule has 2 rings (SSSR count). The summed E-state index contributed by atoms with van der Waals surface area (Å²) in [5.41, 5.74) is 1.06. The summed E-state index contributed by atoms with van der Waals surface area (Å²) in [4.78, 5) is 10.5. The molecular formula is C9H10O3. The predicted octanol–water partition coefficient (Wildman–Crippen LogP) is 1.78. The molecule has 1 heterocycles. The Morgan fingerprint density at radius 2 is 2.50 bits per heavy atom. The van der Waals surface area contributed by atoms with Crippen molar-refractivity contribution in [1.29, 1.82) is 0 Å². The van der Waals surface area contributed by atoms with Crippen molar-refractivity contribution in [1.82, 2.24) is 0 Å². The van der Waals surface area contributed by atoms with Crippen molar-refractivity contribution in [3.8, 4) is 0 Å². The highest BCUT2D eigenvalue weighted by atomic mass is 16.4. The Kier molecular flexibility index (Phi) is 1.46. The van der Waals surface area contributed by atoms with Gasteiger partial charge < -0.3 is 9.52 Å². The van der Waals surface area contributed by atoms with E-state index in [1.54, 1.807) is 6.26 Å². The average molecular weight is 166 g/mol. The van der Waals surface area contributed by atoms with Gasteiger partial charge in [-0.05, 0) is 25.0 Å². The molecule has 0 aromatic carbocycles. The van der Waals surface area contributed by atoms with Crippen LogP contribution in [0.2, 0.25) is 0 Å². The van der Waals surface area contributed by atoms with Crippen molar-refractivity contribution < 1.29 is 14.3 Å². The minimum atomic E-state index is -0.694. The Morgan fingerprint density at radius 1 is 1.75 bits per heavy atom. The van der Waals surface area contributed by atoms with E-state index in [0.29, 0.717) is 0 Å². The minimum Gasteiger partial charge on any atom is -0.481 e. The van der Waals surface area contributed by atoms with Crippen molar-refractivity contribution in [2.75, 3.05) is 0 Å². The van der Waals surface area contributed by atoms with Crippen LogP contribution >= 0.6 is 0 Å². The van der Waals surface area contributed by atoms with Gasteiger partial charge in [0.2, 0.25) is 0 Å². The zero-order chi connectivity index (χ0) is 8.72. The van der Waals surface area contributed by atoms with Gasteiger partial charge in [0.05, 0.1) is 12.2 Å². The van der Waals surface area contributed by atoms with Gasteiger partial charge >= 0.3 is 5.97 Å². The second-order valence-electron chi connectivity index (χ2n) is 3.22. The zero-order valence-corrected chi connectivity index (χ0v) is 6.78. The van der Waals surface area contributed by atoms with Gasteiger partial charge in [-0.25, -0.2) is 0 Å². The Morgan fingerprint density at radius 3 is 2.92 bits per heavy atom. The summed E-state index contributed by atoms with van der Waals surface area (Å²) in [6.07, 6.45) is 2.37. The van der Waals surface area contributed by atoms with Crippen molar-refractivity contribution in [2.24, 2.45) is 5.92 Å². The first-order valence-corrected chi connectivity index (χ1v) is 3.97. The SMILES string of the molecule is Cc1occc1C1CC1C(=O)O. The summed E-state index contributed by atoms with van der Waals surface area (Å²) >= 11 is 0. The molecule has 1 fully saturated rings. The fourth-order valence-electron chi connectivity index (χ4n) is 1.59. The molecule has 1 N–H and O–H groups in total.